The van der Waals surface area contributed by atoms with Gasteiger partial charge in [0.2, 0.25) is 0 Å². The predicted molar refractivity (Wildman–Crippen MR) is 61.2 cm³/mol. The van der Waals surface area contributed by atoms with E-state index in [1.807, 2.05) is 6.92 Å². The van der Waals surface area contributed by atoms with Crippen molar-refractivity contribution in [2.75, 3.05) is 11.9 Å². The third kappa shape index (κ3) is 2.48. The van der Waals surface area contributed by atoms with Crippen LogP contribution in [-0.4, -0.2) is 28.5 Å². The standard InChI is InChI=1S/C11H16N4O/c1-3-13-10-6-12-5-9(14-10)11(16)15-8-4-7(8)2/h5-8H,3-4H2,1-2H3,(H,13,14)(H,15,16). The third-order valence-electron chi connectivity index (χ3n) is 2.65. The summed E-state index contributed by atoms with van der Waals surface area (Å²) in [5.41, 5.74) is 0.373. The SMILES string of the molecule is CCNc1cncc(C(=O)NC2CC2C)n1. The van der Waals surface area contributed by atoms with Crippen LogP contribution in [0.25, 0.3) is 0 Å². The molecule has 1 aromatic heterocycles. The molecule has 2 rings (SSSR count). The van der Waals surface area contributed by atoms with E-state index >= 15 is 0 Å². The molecule has 16 heavy (non-hydrogen) atoms. The Morgan fingerprint density at radius 3 is 2.94 bits per heavy atom. The number of hydrogen-bond donors (Lipinski definition) is 2. The highest BCUT2D eigenvalue weighted by Gasteiger charge is 2.34. The Morgan fingerprint density at radius 2 is 2.31 bits per heavy atom. The van der Waals surface area contributed by atoms with Gasteiger partial charge in [0.1, 0.15) is 11.5 Å². The summed E-state index contributed by atoms with van der Waals surface area (Å²) in [7, 11) is 0. The molecule has 5 heteroatoms. The summed E-state index contributed by atoms with van der Waals surface area (Å²) in [6.07, 6.45) is 4.16. The number of carbonyl (C=O) groups is 1. The van der Waals surface area contributed by atoms with E-state index in [9.17, 15) is 4.79 Å². The van der Waals surface area contributed by atoms with Gasteiger partial charge in [0.25, 0.3) is 5.91 Å². The minimum absolute atomic E-state index is 0.137. The molecule has 0 saturated heterocycles. The van der Waals surface area contributed by atoms with E-state index in [1.165, 1.54) is 6.20 Å². The van der Waals surface area contributed by atoms with Gasteiger partial charge in [0.15, 0.2) is 0 Å². The Labute approximate surface area is 94.7 Å². The lowest BCUT2D eigenvalue weighted by molar-refractivity contribution is 0.0944. The summed E-state index contributed by atoms with van der Waals surface area (Å²) < 4.78 is 0. The van der Waals surface area contributed by atoms with Crippen LogP contribution in [0.4, 0.5) is 5.82 Å². The van der Waals surface area contributed by atoms with Gasteiger partial charge in [-0.2, -0.15) is 0 Å². The van der Waals surface area contributed by atoms with E-state index in [1.54, 1.807) is 6.20 Å². The Bertz CT molecular complexity index is 393. The van der Waals surface area contributed by atoms with Crippen molar-refractivity contribution in [3.05, 3.63) is 18.1 Å². The van der Waals surface area contributed by atoms with Crippen LogP contribution in [0.2, 0.25) is 0 Å². The Balaban J connectivity index is 2.01. The van der Waals surface area contributed by atoms with Crippen LogP contribution in [0.15, 0.2) is 12.4 Å². The Kier molecular flexibility index (Phi) is 3.03. The van der Waals surface area contributed by atoms with Crippen LogP contribution in [0.1, 0.15) is 30.8 Å². The van der Waals surface area contributed by atoms with Crippen molar-refractivity contribution in [1.82, 2.24) is 15.3 Å². The summed E-state index contributed by atoms with van der Waals surface area (Å²) >= 11 is 0. The van der Waals surface area contributed by atoms with E-state index in [-0.39, 0.29) is 5.91 Å². The first-order chi connectivity index (χ1) is 7.70. The van der Waals surface area contributed by atoms with E-state index in [0.717, 1.165) is 13.0 Å². The van der Waals surface area contributed by atoms with Gasteiger partial charge in [-0.15, -0.1) is 0 Å². The summed E-state index contributed by atoms with van der Waals surface area (Å²) in [5.74, 6) is 1.09. The Morgan fingerprint density at radius 1 is 1.56 bits per heavy atom. The van der Waals surface area contributed by atoms with Crippen molar-refractivity contribution in [1.29, 1.82) is 0 Å². The second-order valence-electron chi connectivity index (χ2n) is 4.11. The predicted octanol–water partition coefficient (Wildman–Crippen LogP) is 1.05. The fourth-order valence-corrected chi connectivity index (χ4v) is 1.51. The summed E-state index contributed by atoms with van der Waals surface area (Å²) in [4.78, 5) is 19.9. The fourth-order valence-electron chi connectivity index (χ4n) is 1.51. The molecular formula is C11H16N4O. The lowest BCUT2D eigenvalue weighted by atomic mass is 10.4. The molecule has 1 heterocycles. The van der Waals surface area contributed by atoms with E-state index in [4.69, 9.17) is 0 Å². The molecule has 1 fully saturated rings. The number of aromatic nitrogens is 2. The molecular weight excluding hydrogens is 204 g/mol. The van der Waals surface area contributed by atoms with Crippen LogP contribution in [0, 0.1) is 5.92 Å². The number of carbonyl (C=O) groups excluding carboxylic acids is 1. The largest absolute Gasteiger partial charge is 0.369 e. The molecule has 2 N–H and O–H groups in total. The quantitative estimate of drug-likeness (QED) is 0.795. The lowest BCUT2D eigenvalue weighted by Crippen LogP contribution is -2.27. The molecule has 0 aliphatic heterocycles. The van der Waals surface area contributed by atoms with Crippen molar-refractivity contribution >= 4 is 11.7 Å². The van der Waals surface area contributed by atoms with Crippen LogP contribution >= 0.6 is 0 Å². The molecule has 1 saturated carbocycles. The molecule has 5 nitrogen and oxygen atoms in total. The third-order valence-corrected chi connectivity index (χ3v) is 2.65. The number of hydrogen-bond acceptors (Lipinski definition) is 4. The zero-order valence-electron chi connectivity index (χ0n) is 9.53. The first-order valence-corrected chi connectivity index (χ1v) is 5.57. The number of anilines is 1. The molecule has 0 spiro atoms. The highest BCUT2D eigenvalue weighted by molar-refractivity contribution is 5.92. The number of rotatable bonds is 4. The zero-order valence-corrected chi connectivity index (χ0v) is 9.53. The van der Waals surface area contributed by atoms with Gasteiger partial charge in [-0.1, -0.05) is 6.92 Å². The van der Waals surface area contributed by atoms with Crippen molar-refractivity contribution in [2.45, 2.75) is 26.3 Å². The number of amides is 1. The number of nitrogens with one attached hydrogen (secondary N) is 2. The molecule has 1 aromatic rings. The smallest absolute Gasteiger partial charge is 0.271 e. The monoisotopic (exact) mass is 220 g/mol. The van der Waals surface area contributed by atoms with E-state index in [2.05, 4.69) is 27.5 Å². The van der Waals surface area contributed by atoms with E-state index < -0.39 is 0 Å². The normalized spacial score (nSPS) is 22.6. The van der Waals surface area contributed by atoms with Gasteiger partial charge in [0, 0.05) is 12.6 Å². The van der Waals surface area contributed by atoms with Crippen molar-refractivity contribution in [3.63, 3.8) is 0 Å². The minimum atomic E-state index is -0.137. The van der Waals surface area contributed by atoms with Crippen LogP contribution < -0.4 is 10.6 Å². The van der Waals surface area contributed by atoms with Crippen LogP contribution in [0.3, 0.4) is 0 Å². The van der Waals surface area contributed by atoms with E-state index in [0.29, 0.717) is 23.5 Å². The van der Waals surface area contributed by atoms with Gasteiger partial charge in [-0.05, 0) is 19.3 Å². The second-order valence-corrected chi connectivity index (χ2v) is 4.11. The molecule has 86 valence electrons. The van der Waals surface area contributed by atoms with Gasteiger partial charge in [-0.3, -0.25) is 9.78 Å². The van der Waals surface area contributed by atoms with Crippen LogP contribution in [-0.2, 0) is 0 Å². The fraction of sp³-hybridized carbons (Fsp3) is 0.545. The lowest BCUT2D eigenvalue weighted by Gasteiger charge is -2.05. The Hall–Kier alpha value is -1.65. The topological polar surface area (TPSA) is 66.9 Å². The summed E-state index contributed by atoms with van der Waals surface area (Å²) in [6, 6.07) is 0.317. The average molecular weight is 220 g/mol. The molecule has 2 atom stereocenters. The van der Waals surface area contributed by atoms with Gasteiger partial charge in [0.05, 0.1) is 12.4 Å². The van der Waals surface area contributed by atoms with Crippen molar-refractivity contribution in [3.8, 4) is 0 Å². The second kappa shape index (κ2) is 4.47. The highest BCUT2D eigenvalue weighted by Crippen LogP contribution is 2.29. The molecule has 0 radical (unpaired) electrons. The molecule has 0 bridgehead atoms. The first kappa shape index (κ1) is 10.9. The number of nitrogens with zero attached hydrogens (tertiary/aromatic N) is 2. The molecule has 2 unspecified atom stereocenters. The maximum Gasteiger partial charge on any atom is 0.271 e. The first-order valence-electron chi connectivity index (χ1n) is 5.57. The molecule has 0 aromatic carbocycles. The van der Waals surface area contributed by atoms with Crippen molar-refractivity contribution < 1.29 is 4.79 Å². The summed E-state index contributed by atoms with van der Waals surface area (Å²) in [6.45, 7) is 4.85. The van der Waals surface area contributed by atoms with Gasteiger partial charge < -0.3 is 10.6 Å². The maximum atomic E-state index is 11.8. The highest BCUT2D eigenvalue weighted by atomic mass is 16.2. The van der Waals surface area contributed by atoms with Gasteiger partial charge >= 0.3 is 0 Å². The van der Waals surface area contributed by atoms with Crippen LogP contribution in [0.5, 0.6) is 0 Å². The summed E-state index contributed by atoms with van der Waals surface area (Å²) in [5, 5.41) is 5.95. The zero-order chi connectivity index (χ0) is 11.5. The van der Waals surface area contributed by atoms with Gasteiger partial charge in [-0.25, -0.2) is 4.98 Å². The molecule has 1 amide bonds. The maximum absolute atomic E-state index is 11.8. The molecule has 1 aliphatic rings. The molecule has 1 aliphatic carbocycles. The van der Waals surface area contributed by atoms with Crippen molar-refractivity contribution in [2.24, 2.45) is 5.92 Å². The average Bonchev–Trinajstić information content (AvgIpc) is 2.95. The minimum Gasteiger partial charge on any atom is -0.369 e.